The maximum Gasteiger partial charge on any atom is 1.00 e. The number of halogens is 1. The van der Waals surface area contributed by atoms with Crippen molar-refractivity contribution >= 4 is 27.6 Å². The number of carboxylic acids is 1. The van der Waals surface area contributed by atoms with E-state index in [0.717, 1.165) is 24.8 Å². The van der Waals surface area contributed by atoms with Crippen LogP contribution in [-0.4, -0.2) is 25.9 Å². The van der Waals surface area contributed by atoms with E-state index in [-0.39, 0.29) is 46.8 Å². The zero-order chi connectivity index (χ0) is 20.4. The number of aromatic nitrogens is 1. The molecular formula is C20H24ClN2NaO4S. The van der Waals surface area contributed by atoms with Gasteiger partial charge in [-0.1, -0.05) is 30.5 Å². The van der Waals surface area contributed by atoms with Gasteiger partial charge in [-0.15, -0.1) is 0 Å². The molecule has 1 aromatic carbocycles. The van der Waals surface area contributed by atoms with Gasteiger partial charge in [-0.25, -0.2) is 13.1 Å². The van der Waals surface area contributed by atoms with Gasteiger partial charge in [0.2, 0.25) is 10.0 Å². The number of sulfonamides is 1. The first kappa shape index (κ1) is 26.1. The van der Waals surface area contributed by atoms with Crippen LogP contribution >= 0.6 is 11.6 Å². The second-order valence-corrected chi connectivity index (χ2v) is 8.89. The maximum absolute atomic E-state index is 12.4. The van der Waals surface area contributed by atoms with Gasteiger partial charge < -0.3 is 9.90 Å². The van der Waals surface area contributed by atoms with Crippen LogP contribution in [0.1, 0.15) is 37.7 Å². The van der Waals surface area contributed by atoms with Gasteiger partial charge in [0.05, 0.1) is 4.90 Å². The summed E-state index contributed by atoms with van der Waals surface area (Å²) in [5.41, 5.74) is 1.08. The van der Waals surface area contributed by atoms with E-state index in [1.54, 1.807) is 24.5 Å². The van der Waals surface area contributed by atoms with Crippen LogP contribution in [0.5, 0.6) is 0 Å². The second kappa shape index (κ2) is 13.4. The molecule has 0 radical (unpaired) electrons. The predicted octanol–water partition coefficient (Wildman–Crippen LogP) is -0.423. The molecule has 0 saturated carbocycles. The van der Waals surface area contributed by atoms with Crippen molar-refractivity contribution in [3.05, 3.63) is 59.4 Å². The number of rotatable bonds is 12. The zero-order valence-corrected chi connectivity index (χ0v) is 20.1. The molecule has 2 rings (SSSR count). The summed E-state index contributed by atoms with van der Waals surface area (Å²) in [6.07, 6.45) is 7.08. The van der Waals surface area contributed by atoms with Gasteiger partial charge in [0, 0.05) is 29.9 Å². The minimum Gasteiger partial charge on any atom is -0.550 e. The normalized spacial score (nSPS) is 12.2. The smallest absolute Gasteiger partial charge is 0.550 e. The number of carboxylic acid groups (broad SMARTS) is 1. The van der Waals surface area contributed by atoms with Gasteiger partial charge in [0.25, 0.3) is 0 Å². The molecule has 1 aromatic heterocycles. The molecule has 1 unspecified atom stereocenters. The van der Waals surface area contributed by atoms with Crippen LogP contribution < -0.4 is 39.4 Å². The van der Waals surface area contributed by atoms with E-state index in [4.69, 9.17) is 11.6 Å². The van der Waals surface area contributed by atoms with E-state index >= 15 is 0 Å². The number of nitrogens with one attached hydrogen (secondary N) is 1. The number of carbonyl (C=O) groups excluding carboxylic acids is 1. The van der Waals surface area contributed by atoms with Crippen LogP contribution in [-0.2, 0) is 21.2 Å². The van der Waals surface area contributed by atoms with E-state index in [1.807, 2.05) is 12.1 Å². The van der Waals surface area contributed by atoms with Gasteiger partial charge in [-0.05, 0) is 67.5 Å². The largest absolute Gasteiger partial charge is 1.00 e. The SMILES string of the molecule is O=C([O-])CCCCC(CCNS(=O)(=O)c1ccc(Cl)cc1)Cc1cccnc1.[Na+]. The van der Waals surface area contributed by atoms with Crippen LogP contribution in [0.25, 0.3) is 0 Å². The van der Waals surface area contributed by atoms with Crippen molar-refractivity contribution in [1.29, 1.82) is 0 Å². The van der Waals surface area contributed by atoms with E-state index in [1.165, 1.54) is 12.1 Å². The first-order valence-electron chi connectivity index (χ1n) is 9.21. The van der Waals surface area contributed by atoms with Crippen LogP contribution in [0.2, 0.25) is 5.02 Å². The van der Waals surface area contributed by atoms with Crippen molar-refractivity contribution in [3.8, 4) is 0 Å². The average molecular weight is 447 g/mol. The van der Waals surface area contributed by atoms with E-state index < -0.39 is 16.0 Å². The first-order valence-corrected chi connectivity index (χ1v) is 11.1. The number of unbranched alkanes of at least 4 members (excludes halogenated alkanes) is 1. The number of aliphatic carboxylic acids is 1. The van der Waals surface area contributed by atoms with Crippen molar-refractivity contribution in [2.45, 2.75) is 43.4 Å². The quantitative estimate of drug-likeness (QED) is 0.352. The van der Waals surface area contributed by atoms with E-state index in [9.17, 15) is 18.3 Å². The van der Waals surface area contributed by atoms with Gasteiger partial charge in [0.1, 0.15) is 0 Å². The molecule has 0 saturated heterocycles. The van der Waals surface area contributed by atoms with Crippen molar-refractivity contribution in [2.24, 2.45) is 5.92 Å². The molecule has 29 heavy (non-hydrogen) atoms. The minimum atomic E-state index is -3.59. The standard InChI is InChI=1S/C20H25ClN2O4S.Na/c21-18-7-9-19(10-8-18)28(26,27)23-13-11-16(4-1-2-6-20(24)25)14-17-5-3-12-22-15-17;/h3,5,7-10,12,15-16,23H,1-2,4,6,11,13-14H2,(H,24,25);/q;+1/p-1. The van der Waals surface area contributed by atoms with Crippen LogP contribution in [0.3, 0.4) is 0 Å². The molecule has 6 nitrogen and oxygen atoms in total. The summed E-state index contributed by atoms with van der Waals surface area (Å²) in [5, 5.41) is 11.0. The fraction of sp³-hybridized carbons (Fsp3) is 0.400. The third kappa shape index (κ3) is 10.1. The summed E-state index contributed by atoms with van der Waals surface area (Å²) in [6.45, 7) is 0.302. The molecule has 1 N–H and O–H groups in total. The van der Waals surface area contributed by atoms with Crippen molar-refractivity contribution in [1.82, 2.24) is 9.71 Å². The fourth-order valence-corrected chi connectivity index (χ4v) is 4.17. The van der Waals surface area contributed by atoms with Gasteiger partial charge >= 0.3 is 29.6 Å². The summed E-state index contributed by atoms with van der Waals surface area (Å²) >= 11 is 5.80. The third-order valence-corrected chi connectivity index (χ3v) is 6.19. The summed E-state index contributed by atoms with van der Waals surface area (Å²) in [7, 11) is -3.59. The average Bonchev–Trinajstić information content (AvgIpc) is 2.66. The van der Waals surface area contributed by atoms with Crippen molar-refractivity contribution < 1.29 is 47.9 Å². The topological polar surface area (TPSA) is 99.2 Å². The molecule has 0 aliphatic heterocycles. The van der Waals surface area contributed by atoms with Crippen LogP contribution in [0.4, 0.5) is 0 Å². The number of hydrogen-bond acceptors (Lipinski definition) is 5. The van der Waals surface area contributed by atoms with Crippen LogP contribution in [0.15, 0.2) is 53.7 Å². The Morgan fingerprint density at radius 2 is 1.86 bits per heavy atom. The Kier molecular flexibility index (Phi) is 12.0. The minimum absolute atomic E-state index is 0. The Hall–Kier alpha value is -0.960. The Bertz CT molecular complexity index is 849. The second-order valence-electron chi connectivity index (χ2n) is 6.69. The monoisotopic (exact) mass is 446 g/mol. The number of carbonyl (C=O) groups is 1. The van der Waals surface area contributed by atoms with Gasteiger partial charge in [-0.2, -0.15) is 0 Å². The predicted molar refractivity (Wildman–Crippen MR) is 106 cm³/mol. The maximum atomic E-state index is 12.4. The number of benzene rings is 1. The molecule has 2 aromatic rings. The molecule has 1 atom stereocenters. The summed E-state index contributed by atoms with van der Waals surface area (Å²) in [5.74, 6) is -0.821. The van der Waals surface area contributed by atoms with Gasteiger partial charge in [0.15, 0.2) is 0 Å². The first-order chi connectivity index (χ1) is 13.4. The molecule has 0 spiro atoms. The van der Waals surface area contributed by atoms with Crippen LogP contribution in [0, 0.1) is 5.92 Å². The number of pyridine rings is 1. The number of hydrogen-bond donors (Lipinski definition) is 1. The van der Waals surface area contributed by atoms with E-state index in [0.29, 0.717) is 24.4 Å². The van der Waals surface area contributed by atoms with Crippen molar-refractivity contribution in [2.75, 3.05) is 6.54 Å². The molecule has 0 bridgehead atoms. The van der Waals surface area contributed by atoms with Gasteiger partial charge in [-0.3, -0.25) is 4.98 Å². The summed E-state index contributed by atoms with van der Waals surface area (Å²) in [6, 6.07) is 9.87. The Labute approximate surface area is 199 Å². The molecule has 1 heterocycles. The fourth-order valence-electron chi connectivity index (χ4n) is 3.00. The Morgan fingerprint density at radius 1 is 1.14 bits per heavy atom. The summed E-state index contributed by atoms with van der Waals surface area (Å²) < 4.78 is 27.4. The van der Waals surface area contributed by atoms with E-state index in [2.05, 4.69) is 9.71 Å². The third-order valence-electron chi connectivity index (χ3n) is 4.46. The molecule has 152 valence electrons. The molecule has 0 aliphatic rings. The Morgan fingerprint density at radius 3 is 2.48 bits per heavy atom. The zero-order valence-electron chi connectivity index (χ0n) is 16.5. The molecule has 0 aliphatic carbocycles. The molecule has 0 fully saturated rings. The van der Waals surface area contributed by atoms with Crippen molar-refractivity contribution in [3.63, 3.8) is 0 Å². The molecule has 0 amide bonds. The number of nitrogens with zero attached hydrogens (tertiary/aromatic N) is 1. The Balaban J connectivity index is 0.00000420. The molecular weight excluding hydrogens is 423 g/mol. The molecule has 9 heteroatoms. The summed E-state index contributed by atoms with van der Waals surface area (Å²) in [4.78, 5) is 14.9.